The van der Waals surface area contributed by atoms with Gasteiger partial charge in [-0.05, 0) is 32.7 Å². The van der Waals surface area contributed by atoms with Gasteiger partial charge in [0.05, 0.1) is 11.5 Å². The standard InChI is InChI=1S/C13H29NO2S/c1-4-6-8-11-17(15,16)12-9-7-10-13(3)14-5-2/h13-14H,4-12H2,1-3H3. The van der Waals surface area contributed by atoms with Crippen LogP contribution in [0.15, 0.2) is 0 Å². The van der Waals surface area contributed by atoms with Crippen molar-refractivity contribution in [1.29, 1.82) is 0 Å². The number of sulfone groups is 1. The quantitative estimate of drug-likeness (QED) is 0.583. The molecule has 0 aliphatic heterocycles. The van der Waals surface area contributed by atoms with Crippen molar-refractivity contribution < 1.29 is 8.42 Å². The second-order valence-electron chi connectivity index (χ2n) is 4.81. The Morgan fingerprint density at radius 3 is 2.12 bits per heavy atom. The highest BCUT2D eigenvalue weighted by atomic mass is 32.2. The van der Waals surface area contributed by atoms with Crippen molar-refractivity contribution >= 4 is 9.84 Å². The van der Waals surface area contributed by atoms with E-state index in [0.717, 1.165) is 45.1 Å². The SMILES string of the molecule is CCCCCS(=O)(=O)CCCCC(C)NCC. The van der Waals surface area contributed by atoms with Gasteiger partial charge in [0.1, 0.15) is 9.84 Å². The molecule has 0 bridgehead atoms. The lowest BCUT2D eigenvalue weighted by molar-refractivity contribution is 0.507. The van der Waals surface area contributed by atoms with Crippen LogP contribution in [0, 0.1) is 0 Å². The van der Waals surface area contributed by atoms with E-state index < -0.39 is 9.84 Å². The van der Waals surface area contributed by atoms with E-state index >= 15 is 0 Å². The van der Waals surface area contributed by atoms with Gasteiger partial charge in [0.15, 0.2) is 0 Å². The van der Waals surface area contributed by atoms with Crippen molar-refractivity contribution in [2.45, 2.75) is 65.3 Å². The van der Waals surface area contributed by atoms with Crippen LogP contribution in [0.2, 0.25) is 0 Å². The van der Waals surface area contributed by atoms with E-state index in [-0.39, 0.29) is 0 Å². The first-order valence-electron chi connectivity index (χ1n) is 6.95. The summed E-state index contributed by atoms with van der Waals surface area (Å²) in [6, 6.07) is 0.503. The first-order chi connectivity index (χ1) is 8.02. The summed E-state index contributed by atoms with van der Waals surface area (Å²) in [5, 5.41) is 3.34. The van der Waals surface area contributed by atoms with Crippen LogP contribution < -0.4 is 5.32 Å². The van der Waals surface area contributed by atoms with Crippen LogP contribution in [0.5, 0.6) is 0 Å². The molecule has 0 radical (unpaired) electrons. The molecule has 1 unspecified atom stereocenters. The van der Waals surface area contributed by atoms with E-state index in [2.05, 4.69) is 26.1 Å². The number of hydrogen-bond acceptors (Lipinski definition) is 3. The van der Waals surface area contributed by atoms with Crippen molar-refractivity contribution in [3.05, 3.63) is 0 Å². The van der Waals surface area contributed by atoms with Gasteiger partial charge in [0.2, 0.25) is 0 Å². The van der Waals surface area contributed by atoms with Gasteiger partial charge in [-0.3, -0.25) is 0 Å². The van der Waals surface area contributed by atoms with Crippen LogP contribution in [0.1, 0.15) is 59.3 Å². The molecular formula is C13H29NO2S. The van der Waals surface area contributed by atoms with E-state index in [1.165, 1.54) is 0 Å². The molecule has 0 rings (SSSR count). The number of nitrogens with one attached hydrogen (secondary N) is 1. The molecule has 0 aromatic carbocycles. The van der Waals surface area contributed by atoms with Crippen molar-refractivity contribution in [2.24, 2.45) is 0 Å². The monoisotopic (exact) mass is 263 g/mol. The van der Waals surface area contributed by atoms with Gasteiger partial charge >= 0.3 is 0 Å². The molecule has 0 saturated carbocycles. The third kappa shape index (κ3) is 10.8. The zero-order chi connectivity index (χ0) is 13.1. The highest BCUT2D eigenvalue weighted by Crippen LogP contribution is 2.06. The molecule has 104 valence electrons. The van der Waals surface area contributed by atoms with E-state index in [1.807, 2.05) is 0 Å². The summed E-state index contributed by atoms with van der Waals surface area (Å²) >= 11 is 0. The Hall–Kier alpha value is -0.0900. The van der Waals surface area contributed by atoms with Gasteiger partial charge in [-0.15, -0.1) is 0 Å². The van der Waals surface area contributed by atoms with Gasteiger partial charge in [0.25, 0.3) is 0 Å². The van der Waals surface area contributed by atoms with Crippen molar-refractivity contribution in [1.82, 2.24) is 5.32 Å². The van der Waals surface area contributed by atoms with E-state index in [9.17, 15) is 8.42 Å². The fraction of sp³-hybridized carbons (Fsp3) is 1.00. The first-order valence-corrected chi connectivity index (χ1v) is 8.77. The summed E-state index contributed by atoms with van der Waals surface area (Å²) in [6.45, 7) is 7.32. The maximum absolute atomic E-state index is 11.7. The molecule has 0 aromatic rings. The zero-order valence-electron chi connectivity index (χ0n) is 11.7. The summed E-state index contributed by atoms with van der Waals surface area (Å²) in [5.41, 5.74) is 0. The number of unbranched alkanes of at least 4 members (excludes halogenated alkanes) is 3. The number of hydrogen-bond donors (Lipinski definition) is 1. The molecule has 0 aromatic heterocycles. The van der Waals surface area contributed by atoms with E-state index in [0.29, 0.717) is 17.5 Å². The average molecular weight is 263 g/mol. The Morgan fingerprint density at radius 1 is 1.00 bits per heavy atom. The normalized spacial score (nSPS) is 13.8. The van der Waals surface area contributed by atoms with Crippen LogP contribution in [-0.2, 0) is 9.84 Å². The smallest absolute Gasteiger partial charge is 0.150 e. The summed E-state index contributed by atoms with van der Waals surface area (Å²) in [5.74, 6) is 0.749. The largest absolute Gasteiger partial charge is 0.315 e. The summed E-state index contributed by atoms with van der Waals surface area (Å²) in [7, 11) is -2.78. The van der Waals surface area contributed by atoms with Gasteiger partial charge in [-0.1, -0.05) is 33.1 Å². The lowest BCUT2D eigenvalue weighted by Crippen LogP contribution is -2.25. The highest BCUT2D eigenvalue weighted by molar-refractivity contribution is 7.91. The minimum Gasteiger partial charge on any atom is -0.315 e. The first kappa shape index (κ1) is 16.9. The van der Waals surface area contributed by atoms with Crippen LogP contribution in [0.4, 0.5) is 0 Å². The second kappa shape index (κ2) is 9.89. The Morgan fingerprint density at radius 2 is 1.59 bits per heavy atom. The number of rotatable bonds is 11. The molecule has 0 fully saturated rings. The van der Waals surface area contributed by atoms with Gasteiger partial charge in [-0.2, -0.15) is 0 Å². The molecule has 0 aliphatic carbocycles. The molecular weight excluding hydrogens is 234 g/mol. The topological polar surface area (TPSA) is 46.2 Å². The highest BCUT2D eigenvalue weighted by Gasteiger charge is 2.10. The maximum Gasteiger partial charge on any atom is 0.150 e. The molecule has 0 aliphatic rings. The molecule has 0 heterocycles. The van der Waals surface area contributed by atoms with Gasteiger partial charge in [-0.25, -0.2) is 8.42 Å². The summed E-state index contributed by atoms with van der Waals surface area (Å²) < 4.78 is 23.3. The van der Waals surface area contributed by atoms with Crippen LogP contribution in [0.3, 0.4) is 0 Å². The molecule has 1 N–H and O–H groups in total. The Labute approximate surface area is 107 Å². The third-order valence-corrected chi connectivity index (χ3v) is 4.78. The molecule has 0 amide bonds. The van der Waals surface area contributed by atoms with Crippen LogP contribution in [0.25, 0.3) is 0 Å². The van der Waals surface area contributed by atoms with Gasteiger partial charge in [0, 0.05) is 6.04 Å². The third-order valence-electron chi connectivity index (χ3n) is 2.95. The summed E-state index contributed by atoms with van der Waals surface area (Å²) in [4.78, 5) is 0. The van der Waals surface area contributed by atoms with E-state index in [1.54, 1.807) is 0 Å². The fourth-order valence-corrected chi connectivity index (χ4v) is 3.39. The van der Waals surface area contributed by atoms with Crippen molar-refractivity contribution in [2.75, 3.05) is 18.1 Å². The van der Waals surface area contributed by atoms with E-state index in [4.69, 9.17) is 0 Å². The minimum absolute atomic E-state index is 0.371. The van der Waals surface area contributed by atoms with Gasteiger partial charge < -0.3 is 5.32 Å². The second-order valence-corrected chi connectivity index (χ2v) is 7.12. The summed E-state index contributed by atoms with van der Waals surface area (Å²) in [6.07, 6.45) is 5.81. The molecule has 17 heavy (non-hydrogen) atoms. The van der Waals surface area contributed by atoms with Crippen molar-refractivity contribution in [3.8, 4) is 0 Å². The van der Waals surface area contributed by atoms with Crippen LogP contribution >= 0.6 is 0 Å². The molecule has 3 nitrogen and oxygen atoms in total. The fourth-order valence-electron chi connectivity index (χ4n) is 1.90. The Bertz CT molecular complexity index is 263. The van der Waals surface area contributed by atoms with Crippen LogP contribution in [-0.4, -0.2) is 32.5 Å². The molecule has 1 atom stereocenters. The molecule has 0 spiro atoms. The molecule has 0 saturated heterocycles. The predicted octanol–water partition coefficient (Wildman–Crippen LogP) is 2.76. The minimum atomic E-state index is -2.78. The lowest BCUT2D eigenvalue weighted by atomic mass is 10.1. The molecule has 4 heteroatoms. The predicted molar refractivity (Wildman–Crippen MR) is 75.2 cm³/mol. The Kier molecular flexibility index (Phi) is 9.84. The lowest BCUT2D eigenvalue weighted by Gasteiger charge is -2.11. The maximum atomic E-state index is 11.7. The zero-order valence-corrected chi connectivity index (χ0v) is 12.5. The average Bonchev–Trinajstić information content (AvgIpc) is 2.25. The Balaban J connectivity index is 3.58. The van der Waals surface area contributed by atoms with Crippen molar-refractivity contribution in [3.63, 3.8) is 0 Å².